The SMILES string of the molecule is Clc1ccc(CSc2nc3ccccc3o2)s1. The van der Waals surface area contributed by atoms with Crippen molar-refractivity contribution in [2.24, 2.45) is 0 Å². The standard InChI is InChI=1S/C12H8ClNOS2/c13-11-6-5-8(17-11)7-16-12-14-9-3-1-2-4-10(9)15-12/h1-6H,7H2. The van der Waals surface area contributed by atoms with Gasteiger partial charge in [-0.25, -0.2) is 4.98 Å². The summed E-state index contributed by atoms with van der Waals surface area (Å²) in [4.78, 5) is 5.63. The third-order valence-corrected chi connectivity index (χ3v) is 4.53. The van der Waals surface area contributed by atoms with E-state index in [1.54, 1.807) is 23.1 Å². The molecule has 2 aromatic heterocycles. The van der Waals surface area contributed by atoms with Crippen molar-refractivity contribution in [3.63, 3.8) is 0 Å². The van der Waals surface area contributed by atoms with Gasteiger partial charge in [0.25, 0.3) is 5.22 Å². The average molecular weight is 282 g/mol. The second-order valence-corrected chi connectivity index (χ2v) is 6.17. The molecule has 0 spiro atoms. The fourth-order valence-electron chi connectivity index (χ4n) is 1.47. The third-order valence-electron chi connectivity index (χ3n) is 2.24. The van der Waals surface area contributed by atoms with E-state index >= 15 is 0 Å². The second-order valence-electron chi connectivity index (χ2n) is 3.44. The van der Waals surface area contributed by atoms with Gasteiger partial charge < -0.3 is 4.42 Å². The number of rotatable bonds is 3. The number of fused-ring (bicyclic) bond motifs is 1. The van der Waals surface area contributed by atoms with Crippen LogP contribution in [-0.4, -0.2) is 4.98 Å². The van der Waals surface area contributed by atoms with Crippen molar-refractivity contribution < 1.29 is 4.42 Å². The highest BCUT2D eigenvalue weighted by atomic mass is 35.5. The number of benzene rings is 1. The van der Waals surface area contributed by atoms with Gasteiger partial charge >= 0.3 is 0 Å². The summed E-state index contributed by atoms with van der Waals surface area (Å²) >= 11 is 9.05. The highest BCUT2D eigenvalue weighted by molar-refractivity contribution is 7.98. The Morgan fingerprint density at radius 1 is 1.24 bits per heavy atom. The number of hydrogen-bond donors (Lipinski definition) is 0. The van der Waals surface area contributed by atoms with Gasteiger partial charge in [0.1, 0.15) is 5.52 Å². The number of halogens is 1. The second kappa shape index (κ2) is 4.72. The molecule has 2 heterocycles. The first-order chi connectivity index (χ1) is 8.31. The van der Waals surface area contributed by atoms with Crippen LogP contribution in [0.1, 0.15) is 4.88 Å². The minimum Gasteiger partial charge on any atom is -0.431 e. The number of thioether (sulfide) groups is 1. The first-order valence-electron chi connectivity index (χ1n) is 5.04. The maximum Gasteiger partial charge on any atom is 0.257 e. The molecule has 0 saturated carbocycles. The predicted molar refractivity (Wildman–Crippen MR) is 72.9 cm³/mol. The molecular weight excluding hydrogens is 274 g/mol. The summed E-state index contributed by atoms with van der Waals surface area (Å²) < 4.78 is 6.44. The Labute approximate surface area is 112 Å². The molecule has 5 heteroatoms. The largest absolute Gasteiger partial charge is 0.431 e. The van der Waals surface area contributed by atoms with Gasteiger partial charge in [0.2, 0.25) is 0 Å². The molecule has 0 atom stereocenters. The van der Waals surface area contributed by atoms with E-state index in [9.17, 15) is 0 Å². The number of thiophene rings is 1. The monoisotopic (exact) mass is 281 g/mol. The van der Waals surface area contributed by atoms with E-state index < -0.39 is 0 Å². The average Bonchev–Trinajstić information content (AvgIpc) is 2.91. The van der Waals surface area contributed by atoms with E-state index in [2.05, 4.69) is 4.98 Å². The molecule has 0 aliphatic heterocycles. The number of aromatic nitrogens is 1. The zero-order valence-electron chi connectivity index (χ0n) is 8.72. The van der Waals surface area contributed by atoms with E-state index in [1.165, 1.54) is 4.88 Å². The first kappa shape index (κ1) is 11.1. The van der Waals surface area contributed by atoms with E-state index in [0.717, 1.165) is 21.2 Å². The maximum atomic E-state index is 5.88. The number of para-hydroxylation sites is 2. The van der Waals surface area contributed by atoms with Crippen LogP contribution in [0.25, 0.3) is 11.1 Å². The van der Waals surface area contributed by atoms with Crippen LogP contribution >= 0.6 is 34.7 Å². The molecule has 0 aliphatic rings. The summed E-state index contributed by atoms with van der Waals surface area (Å²) in [7, 11) is 0. The summed E-state index contributed by atoms with van der Waals surface area (Å²) in [6.07, 6.45) is 0. The van der Waals surface area contributed by atoms with Crippen molar-refractivity contribution >= 4 is 45.8 Å². The van der Waals surface area contributed by atoms with Crippen LogP contribution in [0.3, 0.4) is 0 Å². The van der Waals surface area contributed by atoms with Crippen molar-refractivity contribution in [3.8, 4) is 0 Å². The Bertz CT molecular complexity index is 614. The van der Waals surface area contributed by atoms with Gasteiger partial charge in [-0.05, 0) is 24.3 Å². The van der Waals surface area contributed by atoms with Crippen molar-refractivity contribution in [2.45, 2.75) is 11.0 Å². The van der Waals surface area contributed by atoms with Gasteiger partial charge in [-0.2, -0.15) is 0 Å². The van der Waals surface area contributed by atoms with Crippen LogP contribution in [-0.2, 0) is 5.75 Å². The van der Waals surface area contributed by atoms with Crippen molar-refractivity contribution in [3.05, 3.63) is 45.6 Å². The lowest BCUT2D eigenvalue weighted by atomic mass is 10.3. The summed E-state index contributed by atoms with van der Waals surface area (Å²) in [5.41, 5.74) is 1.73. The van der Waals surface area contributed by atoms with Gasteiger partial charge in [-0.15, -0.1) is 11.3 Å². The molecule has 0 saturated heterocycles. The van der Waals surface area contributed by atoms with Gasteiger partial charge in [-0.1, -0.05) is 35.5 Å². The van der Waals surface area contributed by atoms with Crippen LogP contribution in [0.5, 0.6) is 0 Å². The van der Waals surface area contributed by atoms with E-state index in [-0.39, 0.29) is 0 Å². The topological polar surface area (TPSA) is 26.0 Å². The molecule has 0 fully saturated rings. The minimum atomic E-state index is 0.704. The summed E-state index contributed by atoms with van der Waals surface area (Å²) in [5, 5.41) is 0.704. The zero-order valence-corrected chi connectivity index (χ0v) is 11.1. The van der Waals surface area contributed by atoms with Gasteiger partial charge in [0.15, 0.2) is 5.58 Å². The molecule has 0 amide bonds. The molecule has 0 aliphatic carbocycles. The summed E-state index contributed by atoms with van der Waals surface area (Å²) in [6.45, 7) is 0. The molecule has 1 aromatic carbocycles. The maximum absolute atomic E-state index is 5.88. The Kier molecular flexibility index (Phi) is 3.09. The molecule has 3 aromatic rings. The molecule has 0 N–H and O–H groups in total. The molecule has 0 radical (unpaired) electrons. The number of hydrogen-bond acceptors (Lipinski definition) is 4. The molecule has 0 bridgehead atoms. The van der Waals surface area contributed by atoms with Crippen LogP contribution in [0.15, 0.2) is 46.0 Å². The normalized spacial score (nSPS) is 11.1. The summed E-state index contributed by atoms with van der Waals surface area (Å²) in [6, 6.07) is 11.7. The molecule has 3 rings (SSSR count). The minimum absolute atomic E-state index is 0.704. The van der Waals surface area contributed by atoms with Crippen LogP contribution in [0.4, 0.5) is 0 Å². The highest BCUT2D eigenvalue weighted by Gasteiger charge is 2.06. The molecule has 0 unspecified atom stereocenters. The van der Waals surface area contributed by atoms with Gasteiger partial charge in [-0.3, -0.25) is 0 Å². The van der Waals surface area contributed by atoms with Crippen LogP contribution < -0.4 is 0 Å². The fourth-order valence-corrected chi connectivity index (χ4v) is 3.44. The van der Waals surface area contributed by atoms with Gasteiger partial charge in [0.05, 0.1) is 4.34 Å². The Morgan fingerprint density at radius 2 is 2.12 bits per heavy atom. The molecule has 17 heavy (non-hydrogen) atoms. The Morgan fingerprint density at radius 3 is 2.88 bits per heavy atom. The quantitative estimate of drug-likeness (QED) is 0.643. The lowest BCUT2D eigenvalue weighted by molar-refractivity contribution is 0.489. The third kappa shape index (κ3) is 2.49. The van der Waals surface area contributed by atoms with Crippen molar-refractivity contribution in [1.82, 2.24) is 4.98 Å². The van der Waals surface area contributed by atoms with Gasteiger partial charge in [0, 0.05) is 10.6 Å². The van der Waals surface area contributed by atoms with E-state index in [1.807, 2.05) is 36.4 Å². The summed E-state index contributed by atoms with van der Waals surface area (Å²) in [5.74, 6) is 0.838. The zero-order chi connectivity index (χ0) is 11.7. The smallest absolute Gasteiger partial charge is 0.257 e. The first-order valence-corrected chi connectivity index (χ1v) is 7.22. The Balaban J connectivity index is 1.76. The number of nitrogens with zero attached hydrogens (tertiary/aromatic N) is 1. The van der Waals surface area contributed by atoms with E-state index in [4.69, 9.17) is 16.0 Å². The lowest BCUT2D eigenvalue weighted by Crippen LogP contribution is -1.73. The van der Waals surface area contributed by atoms with Crippen LogP contribution in [0.2, 0.25) is 4.34 Å². The molecule has 2 nitrogen and oxygen atoms in total. The molecular formula is C12H8ClNOS2. The lowest BCUT2D eigenvalue weighted by Gasteiger charge is -1.91. The number of oxazole rings is 1. The van der Waals surface area contributed by atoms with Crippen molar-refractivity contribution in [2.75, 3.05) is 0 Å². The Hall–Kier alpha value is -0.970. The predicted octanol–water partition coefficient (Wildman–Crippen LogP) is 4.84. The highest BCUT2D eigenvalue weighted by Crippen LogP contribution is 2.30. The molecule has 86 valence electrons. The van der Waals surface area contributed by atoms with E-state index in [0.29, 0.717) is 5.22 Å². The fraction of sp³-hybridized carbons (Fsp3) is 0.0833. The van der Waals surface area contributed by atoms with Crippen molar-refractivity contribution in [1.29, 1.82) is 0 Å². The van der Waals surface area contributed by atoms with Crippen LogP contribution in [0, 0.1) is 0 Å².